The Kier molecular flexibility index (Phi) is 1.96. The van der Waals surface area contributed by atoms with E-state index in [0.717, 1.165) is 12.8 Å². The third kappa shape index (κ3) is 1.19. The van der Waals surface area contributed by atoms with Crippen molar-refractivity contribution in [3.8, 4) is 0 Å². The molecule has 4 fully saturated rings. The number of methoxy groups -OCH3 is 2. The van der Waals surface area contributed by atoms with Crippen LogP contribution in [0.15, 0.2) is 0 Å². The van der Waals surface area contributed by atoms with E-state index in [-0.39, 0.29) is 0 Å². The lowest BCUT2D eigenvalue weighted by molar-refractivity contribution is 0.0180. The molecule has 0 radical (unpaired) electrons. The van der Waals surface area contributed by atoms with Gasteiger partial charge in [0.25, 0.3) is 0 Å². The first-order valence-corrected chi connectivity index (χ1v) is 6.20. The number of hydrogen-bond donors (Lipinski definition) is 0. The largest absolute Gasteiger partial charge is 0.379 e. The number of hydrogen-bond acceptors (Lipinski definition) is 4. The molecule has 0 aromatic carbocycles. The topological polar surface area (TPSA) is 43.5 Å². The minimum atomic E-state index is 0.314. The summed E-state index contributed by atoms with van der Waals surface area (Å²) < 4.78 is 22.3. The molecule has 8 unspecified atom stereocenters. The first-order chi connectivity index (χ1) is 7.83. The Morgan fingerprint density at radius 2 is 1.19 bits per heavy atom. The number of rotatable bonds is 3. The van der Waals surface area contributed by atoms with Crippen molar-refractivity contribution in [3.63, 3.8) is 0 Å². The van der Waals surface area contributed by atoms with E-state index in [1.165, 1.54) is 0 Å². The van der Waals surface area contributed by atoms with Crippen LogP contribution in [0.1, 0.15) is 12.8 Å². The smallest absolute Gasteiger partial charge is 0.111 e. The normalized spacial score (nSPS) is 61.9. The van der Waals surface area contributed by atoms with Crippen molar-refractivity contribution in [3.05, 3.63) is 0 Å². The fourth-order valence-corrected chi connectivity index (χ4v) is 3.93. The van der Waals surface area contributed by atoms with E-state index >= 15 is 0 Å². The van der Waals surface area contributed by atoms with Gasteiger partial charge in [-0.05, 0) is 24.7 Å². The van der Waals surface area contributed by atoms with Gasteiger partial charge in [0.05, 0.1) is 24.4 Å². The quantitative estimate of drug-likeness (QED) is 0.661. The van der Waals surface area contributed by atoms with Gasteiger partial charge in [-0.3, -0.25) is 0 Å². The van der Waals surface area contributed by atoms with Gasteiger partial charge in [-0.2, -0.15) is 0 Å². The van der Waals surface area contributed by atoms with Crippen molar-refractivity contribution in [2.75, 3.05) is 14.2 Å². The lowest BCUT2D eigenvalue weighted by Gasteiger charge is -2.22. The number of epoxide rings is 2. The van der Waals surface area contributed by atoms with Crippen LogP contribution in [-0.2, 0) is 18.9 Å². The van der Waals surface area contributed by atoms with Crippen LogP contribution in [0.25, 0.3) is 0 Å². The summed E-state index contributed by atoms with van der Waals surface area (Å²) in [6.45, 7) is 0. The van der Waals surface area contributed by atoms with Crippen LogP contribution in [0.3, 0.4) is 0 Å². The molecule has 2 heterocycles. The van der Waals surface area contributed by atoms with E-state index in [1.807, 2.05) is 0 Å². The van der Waals surface area contributed by atoms with Crippen molar-refractivity contribution in [1.29, 1.82) is 0 Å². The number of fused-ring (bicyclic) bond motifs is 2. The highest BCUT2D eigenvalue weighted by atomic mass is 16.6. The molecule has 4 aliphatic rings. The fourth-order valence-electron chi connectivity index (χ4n) is 3.93. The first-order valence-electron chi connectivity index (χ1n) is 6.20. The van der Waals surface area contributed by atoms with E-state index in [0.29, 0.717) is 48.5 Å². The summed E-state index contributed by atoms with van der Waals surface area (Å²) in [5.41, 5.74) is 0. The molecule has 0 aromatic rings. The maximum atomic E-state index is 5.70. The molecule has 0 bridgehead atoms. The Balaban J connectivity index is 1.48. The van der Waals surface area contributed by atoms with Gasteiger partial charge in [-0.15, -0.1) is 0 Å². The molecule has 90 valence electrons. The second-order valence-corrected chi connectivity index (χ2v) is 5.48. The Morgan fingerprint density at radius 3 is 1.50 bits per heavy atom. The molecule has 4 heteroatoms. The molecule has 0 N–H and O–H groups in total. The van der Waals surface area contributed by atoms with Gasteiger partial charge in [0.1, 0.15) is 12.2 Å². The third-order valence-corrected chi connectivity index (χ3v) is 4.86. The highest BCUT2D eigenvalue weighted by Gasteiger charge is 2.66. The van der Waals surface area contributed by atoms with Gasteiger partial charge in [-0.1, -0.05) is 0 Å². The predicted molar refractivity (Wildman–Crippen MR) is 55.1 cm³/mol. The molecule has 2 saturated heterocycles. The van der Waals surface area contributed by atoms with Gasteiger partial charge in [0.2, 0.25) is 0 Å². The zero-order chi connectivity index (χ0) is 10.9. The summed E-state index contributed by atoms with van der Waals surface area (Å²) in [6, 6.07) is 0. The van der Waals surface area contributed by atoms with E-state index in [1.54, 1.807) is 14.2 Å². The summed E-state index contributed by atoms with van der Waals surface area (Å²) in [5, 5.41) is 0. The monoisotopic (exact) mass is 226 g/mol. The van der Waals surface area contributed by atoms with E-state index in [4.69, 9.17) is 18.9 Å². The summed E-state index contributed by atoms with van der Waals surface area (Å²) in [7, 11) is 3.57. The molecule has 8 atom stereocenters. The zero-order valence-corrected chi connectivity index (χ0v) is 9.67. The Hall–Kier alpha value is -0.160. The van der Waals surface area contributed by atoms with Crippen LogP contribution in [-0.4, -0.2) is 50.8 Å². The third-order valence-electron chi connectivity index (χ3n) is 4.86. The standard InChI is InChI=1S/C12H18O4/c1-13-7-3-5(9-11(7)15-9)6-4-8(14-2)12-10(6)16-12/h5-12H,3-4H2,1-2H3. The molecular weight excluding hydrogens is 208 g/mol. The van der Waals surface area contributed by atoms with Crippen molar-refractivity contribution in [2.45, 2.75) is 49.5 Å². The maximum absolute atomic E-state index is 5.70. The lowest BCUT2D eigenvalue weighted by Crippen LogP contribution is -2.24. The van der Waals surface area contributed by atoms with E-state index in [2.05, 4.69) is 0 Å². The second-order valence-electron chi connectivity index (χ2n) is 5.48. The summed E-state index contributed by atoms with van der Waals surface area (Å²) in [4.78, 5) is 0. The molecule has 0 aromatic heterocycles. The summed E-state index contributed by atoms with van der Waals surface area (Å²) >= 11 is 0. The van der Waals surface area contributed by atoms with Gasteiger partial charge >= 0.3 is 0 Å². The van der Waals surface area contributed by atoms with Crippen LogP contribution < -0.4 is 0 Å². The average Bonchev–Trinajstić information content (AvgIpc) is 3.19. The van der Waals surface area contributed by atoms with Crippen LogP contribution in [0.4, 0.5) is 0 Å². The molecule has 16 heavy (non-hydrogen) atoms. The van der Waals surface area contributed by atoms with Crippen molar-refractivity contribution in [2.24, 2.45) is 11.8 Å². The van der Waals surface area contributed by atoms with Crippen molar-refractivity contribution >= 4 is 0 Å². The molecule has 0 spiro atoms. The Bertz CT molecular complexity index is 277. The Labute approximate surface area is 95.2 Å². The first kappa shape index (κ1) is 9.83. The highest BCUT2D eigenvalue weighted by Crippen LogP contribution is 2.56. The molecule has 4 rings (SSSR count). The molecule has 4 nitrogen and oxygen atoms in total. The lowest BCUT2D eigenvalue weighted by atomic mass is 9.88. The second kappa shape index (κ2) is 3.19. The molecular formula is C12H18O4. The van der Waals surface area contributed by atoms with Gasteiger partial charge < -0.3 is 18.9 Å². The number of ether oxygens (including phenoxy) is 4. The molecule has 2 saturated carbocycles. The average molecular weight is 226 g/mol. The minimum absolute atomic E-state index is 0.314. The van der Waals surface area contributed by atoms with Gasteiger partial charge in [0.15, 0.2) is 0 Å². The predicted octanol–water partition coefficient (Wildman–Crippen LogP) is 0.591. The fraction of sp³-hybridized carbons (Fsp3) is 1.00. The highest BCUT2D eigenvalue weighted by molar-refractivity contribution is 5.13. The minimum Gasteiger partial charge on any atom is -0.379 e. The molecule has 2 aliphatic heterocycles. The molecule has 0 amide bonds. The van der Waals surface area contributed by atoms with Gasteiger partial charge in [0, 0.05) is 14.2 Å². The summed E-state index contributed by atoms with van der Waals surface area (Å²) in [5.74, 6) is 1.26. The molecule has 2 aliphatic carbocycles. The van der Waals surface area contributed by atoms with Crippen molar-refractivity contribution in [1.82, 2.24) is 0 Å². The van der Waals surface area contributed by atoms with Crippen LogP contribution in [0.5, 0.6) is 0 Å². The van der Waals surface area contributed by atoms with Crippen LogP contribution in [0.2, 0.25) is 0 Å². The SMILES string of the molecule is COC1CC(C2CC(OC)C3OC23)C2OC12. The van der Waals surface area contributed by atoms with E-state index < -0.39 is 0 Å². The maximum Gasteiger partial charge on any atom is 0.111 e. The van der Waals surface area contributed by atoms with Crippen molar-refractivity contribution < 1.29 is 18.9 Å². The van der Waals surface area contributed by atoms with Crippen LogP contribution in [0, 0.1) is 11.8 Å². The van der Waals surface area contributed by atoms with E-state index in [9.17, 15) is 0 Å². The Morgan fingerprint density at radius 1 is 0.750 bits per heavy atom. The van der Waals surface area contributed by atoms with Gasteiger partial charge in [-0.25, -0.2) is 0 Å². The summed E-state index contributed by atoms with van der Waals surface area (Å²) in [6.07, 6.45) is 4.52. The van der Waals surface area contributed by atoms with Crippen LogP contribution >= 0.6 is 0 Å². The zero-order valence-electron chi connectivity index (χ0n) is 9.67.